The van der Waals surface area contributed by atoms with Gasteiger partial charge in [0.1, 0.15) is 0 Å². The minimum absolute atomic E-state index is 0.267. The van der Waals surface area contributed by atoms with Crippen LogP contribution in [0.1, 0.15) is 40.0 Å². The molecule has 0 rings (SSSR count). The third-order valence-electron chi connectivity index (χ3n) is 1.56. The first-order chi connectivity index (χ1) is 5.66. The number of hydrogen-bond donors (Lipinski definition) is 1. The normalized spacial score (nSPS) is 13.3. The second kappa shape index (κ2) is 7.11. The van der Waals surface area contributed by atoms with Crippen molar-refractivity contribution in [1.82, 2.24) is 0 Å². The van der Waals surface area contributed by atoms with Crippen LogP contribution in [-0.4, -0.2) is 11.2 Å². The first-order valence-corrected chi connectivity index (χ1v) is 4.65. The van der Waals surface area contributed by atoms with Crippen molar-refractivity contribution in [2.45, 2.75) is 46.1 Å². The van der Waals surface area contributed by atoms with Crippen LogP contribution in [0.15, 0.2) is 23.8 Å². The van der Waals surface area contributed by atoms with Gasteiger partial charge in [-0.3, -0.25) is 0 Å². The van der Waals surface area contributed by atoms with Crippen molar-refractivity contribution in [3.05, 3.63) is 23.8 Å². The lowest BCUT2D eigenvalue weighted by Crippen LogP contribution is -2.01. The van der Waals surface area contributed by atoms with Gasteiger partial charge in [0.2, 0.25) is 0 Å². The van der Waals surface area contributed by atoms with E-state index in [1.54, 1.807) is 0 Å². The average molecular weight is 168 g/mol. The topological polar surface area (TPSA) is 20.2 Å². The summed E-state index contributed by atoms with van der Waals surface area (Å²) in [6.45, 7) is 6.12. The van der Waals surface area contributed by atoms with Crippen LogP contribution in [0.4, 0.5) is 0 Å². The molecule has 0 aromatic rings. The lowest BCUT2D eigenvalue weighted by molar-refractivity contribution is 0.213. The summed E-state index contributed by atoms with van der Waals surface area (Å²) in [6, 6.07) is 0. The molecule has 1 unspecified atom stereocenters. The van der Waals surface area contributed by atoms with Gasteiger partial charge < -0.3 is 5.11 Å². The van der Waals surface area contributed by atoms with E-state index in [-0.39, 0.29) is 6.10 Å². The van der Waals surface area contributed by atoms with Gasteiger partial charge in [-0.15, -0.1) is 0 Å². The molecule has 0 fully saturated rings. The van der Waals surface area contributed by atoms with Crippen molar-refractivity contribution in [3.8, 4) is 0 Å². The van der Waals surface area contributed by atoms with Crippen molar-refractivity contribution >= 4 is 0 Å². The molecule has 0 radical (unpaired) electrons. The molecule has 0 saturated heterocycles. The van der Waals surface area contributed by atoms with E-state index in [1.165, 1.54) is 5.57 Å². The highest BCUT2D eigenvalue weighted by atomic mass is 16.3. The molecule has 12 heavy (non-hydrogen) atoms. The van der Waals surface area contributed by atoms with E-state index in [9.17, 15) is 5.11 Å². The Morgan fingerprint density at radius 2 is 2.00 bits per heavy atom. The van der Waals surface area contributed by atoms with E-state index in [2.05, 4.69) is 19.1 Å². The molecule has 0 heterocycles. The Morgan fingerprint density at radius 1 is 1.33 bits per heavy atom. The van der Waals surface area contributed by atoms with Crippen LogP contribution in [0, 0.1) is 0 Å². The number of aliphatic hydroxyl groups excluding tert-OH is 1. The van der Waals surface area contributed by atoms with Crippen LogP contribution in [0.25, 0.3) is 0 Å². The molecule has 0 aliphatic heterocycles. The summed E-state index contributed by atoms with van der Waals surface area (Å²) in [5.74, 6) is 0. The van der Waals surface area contributed by atoms with Crippen molar-refractivity contribution < 1.29 is 5.11 Å². The SMILES string of the molecule is CC/C=C/CCC(O)C=C(C)C. The van der Waals surface area contributed by atoms with Gasteiger partial charge >= 0.3 is 0 Å². The van der Waals surface area contributed by atoms with E-state index in [0.717, 1.165) is 19.3 Å². The van der Waals surface area contributed by atoms with Gasteiger partial charge in [-0.1, -0.05) is 30.7 Å². The molecule has 1 N–H and O–H groups in total. The van der Waals surface area contributed by atoms with Crippen molar-refractivity contribution in [2.24, 2.45) is 0 Å². The molecule has 70 valence electrons. The molecule has 0 aromatic carbocycles. The fourth-order valence-electron chi connectivity index (χ4n) is 1.02. The molecule has 0 aliphatic carbocycles. The number of hydrogen-bond acceptors (Lipinski definition) is 1. The first kappa shape index (κ1) is 11.4. The maximum atomic E-state index is 9.41. The molecule has 0 aliphatic rings. The van der Waals surface area contributed by atoms with Crippen LogP contribution in [-0.2, 0) is 0 Å². The van der Waals surface area contributed by atoms with Crippen molar-refractivity contribution in [1.29, 1.82) is 0 Å². The van der Waals surface area contributed by atoms with Gasteiger partial charge in [0, 0.05) is 0 Å². The van der Waals surface area contributed by atoms with Gasteiger partial charge in [0.15, 0.2) is 0 Å². The summed E-state index contributed by atoms with van der Waals surface area (Å²) in [4.78, 5) is 0. The second-order valence-corrected chi connectivity index (χ2v) is 3.27. The van der Waals surface area contributed by atoms with E-state index in [1.807, 2.05) is 19.9 Å². The second-order valence-electron chi connectivity index (χ2n) is 3.27. The minimum Gasteiger partial charge on any atom is -0.389 e. The van der Waals surface area contributed by atoms with Gasteiger partial charge in [-0.2, -0.15) is 0 Å². The Bertz CT molecular complexity index is 152. The lowest BCUT2D eigenvalue weighted by Gasteiger charge is -2.03. The van der Waals surface area contributed by atoms with Gasteiger partial charge in [-0.05, 0) is 33.1 Å². The van der Waals surface area contributed by atoms with Crippen LogP contribution < -0.4 is 0 Å². The number of aliphatic hydroxyl groups is 1. The van der Waals surface area contributed by atoms with Crippen LogP contribution in [0.2, 0.25) is 0 Å². The Morgan fingerprint density at radius 3 is 2.50 bits per heavy atom. The smallest absolute Gasteiger partial charge is 0.0726 e. The highest BCUT2D eigenvalue weighted by Crippen LogP contribution is 2.03. The van der Waals surface area contributed by atoms with Crippen molar-refractivity contribution in [2.75, 3.05) is 0 Å². The van der Waals surface area contributed by atoms with Crippen LogP contribution in [0.3, 0.4) is 0 Å². The standard InChI is InChI=1S/C11H20O/c1-4-5-6-7-8-11(12)9-10(2)3/h5-6,9,11-12H,4,7-8H2,1-3H3/b6-5+. The third-order valence-corrected chi connectivity index (χ3v) is 1.56. The molecule has 0 aromatic heterocycles. The number of rotatable bonds is 5. The van der Waals surface area contributed by atoms with Gasteiger partial charge in [0.05, 0.1) is 6.10 Å². The summed E-state index contributed by atoms with van der Waals surface area (Å²) >= 11 is 0. The maximum Gasteiger partial charge on any atom is 0.0726 e. The quantitative estimate of drug-likeness (QED) is 0.625. The maximum absolute atomic E-state index is 9.41. The lowest BCUT2D eigenvalue weighted by atomic mass is 10.1. The van der Waals surface area contributed by atoms with E-state index < -0.39 is 0 Å². The van der Waals surface area contributed by atoms with Gasteiger partial charge in [-0.25, -0.2) is 0 Å². The van der Waals surface area contributed by atoms with E-state index in [0.29, 0.717) is 0 Å². The zero-order chi connectivity index (χ0) is 9.40. The molecular formula is C11H20O. The zero-order valence-electron chi connectivity index (χ0n) is 8.38. The zero-order valence-corrected chi connectivity index (χ0v) is 8.38. The summed E-state index contributed by atoms with van der Waals surface area (Å²) in [6.07, 6.45) is 8.78. The highest BCUT2D eigenvalue weighted by Gasteiger charge is 1.96. The van der Waals surface area contributed by atoms with E-state index in [4.69, 9.17) is 0 Å². The molecular weight excluding hydrogens is 148 g/mol. The fraction of sp³-hybridized carbons (Fsp3) is 0.636. The summed E-state index contributed by atoms with van der Waals surface area (Å²) in [5.41, 5.74) is 1.18. The Hall–Kier alpha value is -0.560. The molecule has 0 saturated carbocycles. The average Bonchev–Trinajstić information content (AvgIpc) is 1.97. The van der Waals surface area contributed by atoms with Crippen LogP contribution >= 0.6 is 0 Å². The minimum atomic E-state index is -0.267. The largest absolute Gasteiger partial charge is 0.389 e. The fourth-order valence-corrected chi connectivity index (χ4v) is 1.02. The Kier molecular flexibility index (Phi) is 6.78. The highest BCUT2D eigenvalue weighted by molar-refractivity contribution is 4.98. The Balaban J connectivity index is 3.51. The van der Waals surface area contributed by atoms with Crippen LogP contribution in [0.5, 0.6) is 0 Å². The predicted molar refractivity (Wildman–Crippen MR) is 54.1 cm³/mol. The molecule has 0 bridgehead atoms. The molecule has 0 spiro atoms. The monoisotopic (exact) mass is 168 g/mol. The summed E-state index contributed by atoms with van der Waals surface area (Å²) in [5, 5.41) is 9.41. The molecule has 1 atom stereocenters. The molecule has 1 heteroatoms. The molecule has 0 amide bonds. The van der Waals surface area contributed by atoms with Gasteiger partial charge in [0.25, 0.3) is 0 Å². The Labute approximate surface area is 75.8 Å². The molecule has 1 nitrogen and oxygen atoms in total. The van der Waals surface area contributed by atoms with E-state index >= 15 is 0 Å². The number of allylic oxidation sites excluding steroid dienone is 3. The predicted octanol–water partition coefficient (Wildman–Crippen LogP) is 3.06. The van der Waals surface area contributed by atoms with Crippen molar-refractivity contribution in [3.63, 3.8) is 0 Å². The summed E-state index contributed by atoms with van der Waals surface area (Å²) in [7, 11) is 0. The summed E-state index contributed by atoms with van der Waals surface area (Å²) < 4.78 is 0. The first-order valence-electron chi connectivity index (χ1n) is 4.65. The third kappa shape index (κ3) is 7.55.